The average molecular weight is 231 g/mol. The molecule has 0 bridgehead atoms. The van der Waals surface area contributed by atoms with Crippen molar-refractivity contribution in [1.29, 1.82) is 0 Å². The molecule has 5 nitrogen and oxygen atoms in total. The van der Waals surface area contributed by atoms with Gasteiger partial charge in [0.05, 0.1) is 0 Å². The van der Waals surface area contributed by atoms with Crippen molar-refractivity contribution in [3.63, 3.8) is 0 Å². The van der Waals surface area contributed by atoms with Crippen LogP contribution in [-0.2, 0) is 0 Å². The van der Waals surface area contributed by atoms with Crippen LogP contribution in [0.4, 0.5) is 0 Å². The molecule has 0 aromatic carbocycles. The summed E-state index contributed by atoms with van der Waals surface area (Å²) in [6, 6.07) is 0. The number of amidine groups is 1. The van der Waals surface area contributed by atoms with Gasteiger partial charge in [-0.25, -0.2) is 0 Å². The highest BCUT2D eigenvalue weighted by molar-refractivity contribution is 5.82. The summed E-state index contributed by atoms with van der Waals surface area (Å²) in [7, 11) is 0. The highest BCUT2D eigenvalue weighted by Gasteiger charge is 2.17. The molecule has 0 saturated carbocycles. The molecule has 0 aromatic rings. The zero-order chi connectivity index (χ0) is 12.6. The number of nitrogens with one attached hydrogen (secondary N) is 1. The van der Waals surface area contributed by atoms with Crippen LogP contribution in [-0.4, -0.2) is 35.8 Å². The summed E-state index contributed by atoms with van der Waals surface area (Å²) in [6.45, 7) is 8.01. The maximum absolute atomic E-state index is 8.77. The molecule has 0 radical (unpaired) electrons. The Morgan fingerprint density at radius 3 is 2.62 bits per heavy atom. The van der Waals surface area contributed by atoms with Gasteiger partial charge in [0.1, 0.15) is 5.84 Å². The molecule has 5 N–H and O–H groups in total. The number of oxime groups is 1. The zero-order valence-electron chi connectivity index (χ0n) is 10.5. The van der Waals surface area contributed by atoms with Crippen molar-refractivity contribution in [1.82, 2.24) is 5.32 Å². The number of aliphatic hydroxyl groups excluding tert-OH is 1. The largest absolute Gasteiger partial charge is 0.409 e. The van der Waals surface area contributed by atoms with Crippen LogP contribution in [0.5, 0.6) is 0 Å². The topological polar surface area (TPSA) is 90.9 Å². The number of rotatable bonds is 8. The van der Waals surface area contributed by atoms with Crippen LogP contribution in [0.15, 0.2) is 5.16 Å². The predicted octanol–water partition coefficient (Wildman–Crippen LogP) is 0.757. The van der Waals surface area contributed by atoms with Crippen molar-refractivity contribution in [3.8, 4) is 0 Å². The molecular weight excluding hydrogens is 206 g/mol. The first kappa shape index (κ1) is 15.2. The lowest BCUT2D eigenvalue weighted by Crippen LogP contribution is -2.36. The maximum Gasteiger partial charge on any atom is 0.143 e. The van der Waals surface area contributed by atoms with E-state index in [9.17, 15) is 0 Å². The Labute approximate surface area is 97.7 Å². The quantitative estimate of drug-likeness (QED) is 0.215. The molecule has 0 spiro atoms. The summed E-state index contributed by atoms with van der Waals surface area (Å²) in [5, 5.41) is 23.5. The molecule has 0 amide bonds. The monoisotopic (exact) mass is 231 g/mol. The second-order valence-corrected chi connectivity index (χ2v) is 5.05. The van der Waals surface area contributed by atoms with E-state index in [-0.39, 0.29) is 23.8 Å². The van der Waals surface area contributed by atoms with Crippen molar-refractivity contribution in [2.45, 2.75) is 33.6 Å². The van der Waals surface area contributed by atoms with E-state index in [2.05, 4.69) is 24.3 Å². The lowest BCUT2D eigenvalue weighted by atomic mass is 9.88. The Morgan fingerprint density at radius 2 is 2.12 bits per heavy atom. The van der Waals surface area contributed by atoms with E-state index in [4.69, 9.17) is 16.0 Å². The van der Waals surface area contributed by atoms with Gasteiger partial charge in [0, 0.05) is 25.6 Å². The van der Waals surface area contributed by atoms with Gasteiger partial charge < -0.3 is 21.4 Å². The van der Waals surface area contributed by atoms with E-state index >= 15 is 0 Å². The van der Waals surface area contributed by atoms with Gasteiger partial charge in [0.2, 0.25) is 0 Å². The molecule has 0 saturated heterocycles. The van der Waals surface area contributed by atoms with Crippen LogP contribution in [0.1, 0.15) is 33.6 Å². The lowest BCUT2D eigenvalue weighted by molar-refractivity contribution is 0.236. The summed E-state index contributed by atoms with van der Waals surface area (Å²) in [5.74, 6) is 0.277. The summed E-state index contributed by atoms with van der Waals surface area (Å²) >= 11 is 0. The third kappa shape index (κ3) is 6.63. The molecule has 0 aliphatic carbocycles. The van der Waals surface area contributed by atoms with Crippen molar-refractivity contribution in [2.75, 3.05) is 19.7 Å². The van der Waals surface area contributed by atoms with E-state index < -0.39 is 0 Å². The van der Waals surface area contributed by atoms with E-state index in [0.717, 1.165) is 19.4 Å². The first-order valence-corrected chi connectivity index (χ1v) is 5.72. The van der Waals surface area contributed by atoms with Crippen LogP contribution >= 0.6 is 0 Å². The van der Waals surface area contributed by atoms with Gasteiger partial charge in [-0.2, -0.15) is 0 Å². The Bertz CT molecular complexity index is 217. The highest BCUT2D eigenvalue weighted by Crippen LogP contribution is 2.20. The highest BCUT2D eigenvalue weighted by atomic mass is 16.4. The fourth-order valence-electron chi connectivity index (χ4n) is 1.48. The van der Waals surface area contributed by atoms with Gasteiger partial charge in [-0.15, -0.1) is 0 Å². The van der Waals surface area contributed by atoms with Gasteiger partial charge in [0.25, 0.3) is 0 Å². The normalized spacial score (nSPS) is 15.1. The first-order valence-electron chi connectivity index (χ1n) is 5.72. The third-order valence-electron chi connectivity index (χ3n) is 2.69. The molecule has 16 heavy (non-hydrogen) atoms. The smallest absolute Gasteiger partial charge is 0.143 e. The van der Waals surface area contributed by atoms with Crippen molar-refractivity contribution in [3.05, 3.63) is 0 Å². The van der Waals surface area contributed by atoms with Gasteiger partial charge in [0.15, 0.2) is 0 Å². The minimum absolute atomic E-state index is 0.0265. The van der Waals surface area contributed by atoms with Gasteiger partial charge in [-0.1, -0.05) is 25.9 Å². The standard InChI is InChI=1S/C11H25N3O2/c1-9(10(12)14-16)7-13-8-11(2,3)5-4-6-15/h9,13,15-16H,4-8H2,1-3H3,(H2,12,14). The first-order chi connectivity index (χ1) is 7.43. The minimum Gasteiger partial charge on any atom is -0.409 e. The number of nitrogens with zero attached hydrogens (tertiary/aromatic N) is 1. The van der Waals surface area contributed by atoms with Crippen molar-refractivity contribution < 1.29 is 10.3 Å². The third-order valence-corrected chi connectivity index (χ3v) is 2.69. The fraction of sp³-hybridized carbons (Fsp3) is 0.909. The van der Waals surface area contributed by atoms with E-state index in [1.165, 1.54) is 0 Å². The Kier molecular flexibility index (Phi) is 7.08. The molecule has 0 aliphatic heterocycles. The predicted molar refractivity (Wildman–Crippen MR) is 65.5 cm³/mol. The molecule has 0 heterocycles. The summed E-state index contributed by atoms with van der Waals surface area (Å²) in [6.07, 6.45) is 1.80. The van der Waals surface area contributed by atoms with E-state index in [1.54, 1.807) is 0 Å². The summed E-state index contributed by atoms with van der Waals surface area (Å²) < 4.78 is 0. The molecule has 96 valence electrons. The van der Waals surface area contributed by atoms with Gasteiger partial charge in [-0.05, 0) is 18.3 Å². The Balaban J connectivity index is 3.79. The van der Waals surface area contributed by atoms with Gasteiger partial charge >= 0.3 is 0 Å². The molecule has 0 aromatic heterocycles. The van der Waals surface area contributed by atoms with Crippen LogP contribution in [0.25, 0.3) is 0 Å². The molecule has 5 heteroatoms. The van der Waals surface area contributed by atoms with Gasteiger partial charge in [-0.3, -0.25) is 0 Å². The lowest BCUT2D eigenvalue weighted by Gasteiger charge is -2.25. The fourth-order valence-corrected chi connectivity index (χ4v) is 1.48. The SMILES string of the molecule is CC(CNCC(C)(C)CCCO)C(N)=NO. The van der Waals surface area contributed by atoms with Crippen molar-refractivity contribution in [2.24, 2.45) is 22.2 Å². The van der Waals surface area contributed by atoms with E-state index in [1.807, 2.05) is 6.92 Å². The molecule has 1 atom stereocenters. The minimum atomic E-state index is 0.0265. The second kappa shape index (κ2) is 7.46. The second-order valence-electron chi connectivity index (χ2n) is 5.05. The zero-order valence-corrected chi connectivity index (χ0v) is 10.5. The average Bonchev–Trinajstić information content (AvgIpc) is 2.24. The molecular formula is C11H25N3O2. The van der Waals surface area contributed by atoms with Crippen LogP contribution in [0, 0.1) is 11.3 Å². The Morgan fingerprint density at radius 1 is 1.50 bits per heavy atom. The van der Waals surface area contributed by atoms with Crippen LogP contribution < -0.4 is 11.1 Å². The summed E-state index contributed by atoms with van der Waals surface area (Å²) in [4.78, 5) is 0. The number of aliphatic hydroxyl groups is 1. The number of hydrogen-bond donors (Lipinski definition) is 4. The number of nitrogens with two attached hydrogens (primary N) is 1. The van der Waals surface area contributed by atoms with Crippen LogP contribution in [0.3, 0.4) is 0 Å². The molecule has 1 unspecified atom stereocenters. The number of hydrogen-bond acceptors (Lipinski definition) is 4. The molecule has 0 fully saturated rings. The van der Waals surface area contributed by atoms with E-state index in [0.29, 0.717) is 6.54 Å². The van der Waals surface area contributed by atoms with Crippen LogP contribution in [0.2, 0.25) is 0 Å². The molecule has 0 aliphatic rings. The summed E-state index contributed by atoms with van der Waals surface area (Å²) in [5.41, 5.74) is 5.63. The Hall–Kier alpha value is -0.810. The van der Waals surface area contributed by atoms with Crippen molar-refractivity contribution >= 4 is 5.84 Å². The maximum atomic E-state index is 8.77. The molecule has 0 rings (SSSR count).